The highest BCUT2D eigenvalue weighted by Crippen LogP contribution is 2.06. The molecule has 94 valence electrons. The number of carbonyl (C=O) groups is 1. The van der Waals surface area contributed by atoms with Gasteiger partial charge in [-0.3, -0.25) is 4.79 Å². The predicted molar refractivity (Wildman–Crippen MR) is 66.8 cm³/mol. The summed E-state index contributed by atoms with van der Waals surface area (Å²) >= 11 is 0. The Balaban J connectivity index is 2.47. The molecule has 17 heavy (non-hydrogen) atoms. The largest absolute Gasteiger partial charge is 0.384 e. The average molecular weight is 237 g/mol. The molecule has 0 saturated heterocycles. The van der Waals surface area contributed by atoms with Crippen LogP contribution in [0.5, 0.6) is 0 Å². The number of hydrogen-bond donors (Lipinski definition) is 2. The molecule has 1 amide bonds. The number of nitrogens with two attached hydrogens (primary N) is 1. The third-order valence-electron chi connectivity index (χ3n) is 2.07. The number of nitrogens with zero attached hydrogens (tertiary/aromatic N) is 1. The smallest absolute Gasteiger partial charge is 0.251 e. The highest BCUT2D eigenvalue weighted by molar-refractivity contribution is 5.94. The van der Waals surface area contributed by atoms with Gasteiger partial charge in [-0.1, -0.05) is 0 Å². The summed E-state index contributed by atoms with van der Waals surface area (Å²) in [5, 5.41) is 2.76. The van der Waals surface area contributed by atoms with Crippen molar-refractivity contribution in [1.29, 1.82) is 0 Å². The number of anilines is 1. The first-order chi connectivity index (χ1) is 7.99. The van der Waals surface area contributed by atoms with Crippen molar-refractivity contribution in [3.63, 3.8) is 0 Å². The van der Waals surface area contributed by atoms with Crippen LogP contribution in [0.25, 0.3) is 0 Å². The highest BCUT2D eigenvalue weighted by atomic mass is 16.5. The molecule has 0 saturated carbocycles. The molecule has 0 aliphatic carbocycles. The van der Waals surface area contributed by atoms with E-state index in [1.165, 1.54) is 0 Å². The molecule has 5 nitrogen and oxygen atoms in total. The number of nitrogens with one attached hydrogen (secondary N) is 1. The normalized spacial score (nSPS) is 10.6. The van der Waals surface area contributed by atoms with Gasteiger partial charge in [0.1, 0.15) is 5.82 Å². The van der Waals surface area contributed by atoms with Crippen LogP contribution < -0.4 is 11.1 Å². The van der Waals surface area contributed by atoms with E-state index in [1.54, 1.807) is 19.1 Å². The Morgan fingerprint density at radius 1 is 1.53 bits per heavy atom. The molecule has 0 radical (unpaired) electrons. The molecule has 0 aliphatic rings. The Kier molecular flexibility index (Phi) is 4.90. The molecule has 1 aromatic heterocycles. The highest BCUT2D eigenvalue weighted by Gasteiger charge is 2.06. The van der Waals surface area contributed by atoms with Crippen LogP contribution in [0.2, 0.25) is 0 Å². The number of pyridine rings is 1. The first kappa shape index (κ1) is 13.4. The van der Waals surface area contributed by atoms with Crippen molar-refractivity contribution in [2.45, 2.75) is 26.9 Å². The maximum Gasteiger partial charge on any atom is 0.251 e. The molecule has 0 unspecified atom stereocenters. The third kappa shape index (κ3) is 4.82. The second kappa shape index (κ2) is 6.20. The van der Waals surface area contributed by atoms with Crippen molar-refractivity contribution in [2.75, 3.05) is 18.9 Å². The zero-order chi connectivity index (χ0) is 12.8. The van der Waals surface area contributed by atoms with Gasteiger partial charge in [-0.05, 0) is 32.9 Å². The van der Waals surface area contributed by atoms with Gasteiger partial charge >= 0.3 is 0 Å². The Labute approximate surface area is 101 Å². The Hall–Kier alpha value is -1.62. The molecule has 1 aromatic rings. The number of hydrogen-bond acceptors (Lipinski definition) is 4. The summed E-state index contributed by atoms with van der Waals surface area (Å²) in [6.07, 6.45) is 0.172. The van der Waals surface area contributed by atoms with Gasteiger partial charge in [-0.15, -0.1) is 0 Å². The predicted octanol–water partition coefficient (Wildman–Crippen LogP) is 1.13. The molecule has 0 aliphatic heterocycles. The molecule has 0 fully saturated rings. The first-order valence-corrected chi connectivity index (χ1v) is 5.63. The van der Waals surface area contributed by atoms with Gasteiger partial charge in [-0.2, -0.15) is 0 Å². The monoisotopic (exact) mass is 237 g/mol. The molecule has 1 rings (SSSR count). The lowest BCUT2D eigenvalue weighted by atomic mass is 10.2. The SMILES string of the molecule is Cc1cc(C(=O)NCCOC(C)C)cc(N)n1. The minimum atomic E-state index is -0.158. The summed E-state index contributed by atoms with van der Waals surface area (Å²) in [7, 11) is 0. The lowest BCUT2D eigenvalue weighted by molar-refractivity contribution is 0.0746. The molecule has 0 aromatic carbocycles. The summed E-state index contributed by atoms with van der Waals surface area (Å²) in [6, 6.07) is 3.26. The number of ether oxygens (including phenoxy) is 1. The summed E-state index contributed by atoms with van der Waals surface area (Å²) in [4.78, 5) is 15.8. The van der Waals surface area contributed by atoms with Gasteiger partial charge in [0.05, 0.1) is 12.7 Å². The van der Waals surface area contributed by atoms with E-state index < -0.39 is 0 Å². The van der Waals surface area contributed by atoms with Crippen molar-refractivity contribution >= 4 is 11.7 Å². The molecular formula is C12H19N3O2. The van der Waals surface area contributed by atoms with Gasteiger partial charge in [0.25, 0.3) is 5.91 Å². The zero-order valence-electron chi connectivity index (χ0n) is 10.5. The number of amides is 1. The van der Waals surface area contributed by atoms with Crippen molar-refractivity contribution in [3.05, 3.63) is 23.4 Å². The van der Waals surface area contributed by atoms with Gasteiger partial charge in [0, 0.05) is 17.8 Å². The number of aryl methyl sites for hydroxylation is 1. The Morgan fingerprint density at radius 3 is 2.82 bits per heavy atom. The lowest BCUT2D eigenvalue weighted by Crippen LogP contribution is -2.28. The Bertz CT molecular complexity index is 371. The van der Waals surface area contributed by atoms with E-state index in [0.29, 0.717) is 24.5 Å². The van der Waals surface area contributed by atoms with Crippen LogP contribution in [0.15, 0.2) is 12.1 Å². The van der Waals surface area contributed by atoms with Crippen molar-refractivity contribution in [2.24, 2.45) is 0 Å². The van der Waals surface area contributed by atoms with Crippen LogP contribution in [-0.4, -0.2) is 30.1 Å². The molecule has 5 heteroatoms. The van der Waals surface area contributed by atoms with Crippen LogP contribution in [0, 0.1) is 6.92 Å². The number of carbonyl (C=O) groups excluding carboxylic acids is 1. The van der Waals surface area contributed by atoms with E-state index in [0.717, 1.165) is 5.69 Å². The lowest BCUT2D eigenvalue weighted by Gasteiger charge is -2.09. The fraction of sp³-hybridized carbons (Fsp3) is 0.500. The maximum atomic E-state index is 11.7. The van der Waals surface area contributed by atoms with Crippen LogP contribution in [0.1, 0.15) is 29.9 Å². The van der Waals surface area contributed by atoms with Crippen LogP contribution in [0.4, 0.5) is 5.82 Å². The molecular weight excluding hydrogens is 218 g/mol. The second-order valence-electron chi connectivity index (χ2n) is 4.10. The van der Waals surface area contributed by atoms with Crippen molar-refractivity contribution in [1.82, 2.24) is 10.3 Å². The van der Waals surface area contributed by atoms with Gasteiger partial charge in [0.15, 0.2) is 0 Å². The Morgan fingerprint density at radius 2 is 2.24 bits per heavy atom. The minimum absolute atomic E-state index is 0.158. The van der Waals surface area contributed by atoms with Crippen molar-refractivity contribution < 1.29 is 9.53 Å². The van der Waals surface area contributed by atoms with E-state index in [9.17, 15) is 4.79 Å². The molecule has 3 N–H and O–H groups in total. The standard InChI is InChI=1S/C12H19N3O2/c1-8(2)17-5-4-14-12(16)10-6-9(3)15-11(13)7-10/h6-8H,4-5H2,1-3H3,(H2,13,15)(H,14,16). The fourth-order valence-corrected chi connectivity index (χ4v) is 1.39. The second-order valence-corrected chi connectivity index (χ2v) is 4.10. The van der Waals surface area contributed by atoms with Crippen molar-refractivity contribution in [3.8, 4) is 0 Å². The van der Waals surface area contributed by atoms with E-state index in [-0.39, 0.29) is 12.0 Å². The molecule has 0 spiro atoms. The molecule has 0 atom stereocenters. The first-order valence-electron chi connectivity index (χ1n) is 5.63. The molecule has 0 bridgehead atoms. The number of aromatic nitrogens is 1. The maximum absolute atomic E-state index is 11.7. The third-order valence-corrected chi connectivity index (χ3v) is 2.07. The van der Waals surface area contributed by atoms with E-state index in [4.69, 9.17) is 10.5 Å². The minimum Gasteiger partial charge on any atom is -0.384 e. The van der Waals surface area contributed by atoms with Gasteiger partial charge < -0.3 is 15.8 Å². The average Bonchev–Trinajstić information content (AvgIpc) is 2.22. The summed E-state index contributed by atoms with van der Waals surface area (Å²) in [5.41, 5.74) is 6.83. The topological polar surface area (TPSA) is 77.2 Å². The quantitative estimate of drug-likeness (QED) is 0.752. The van der Waals surface area contributed by atoms with Crippen LogP contribution >= 0.6 is 0 Å². The van der Waals surface area contributed by atoms with Crippen LogP contribution in [-0.2, 0) is 4.74 Å². The van der Waals surface area contributed by atoms with Gasteiger partial charge in [0.2, 0.25) is 0 Å². The number of rotatable bonds is 5. The van der Waals surface area contributed by atoms with Crippen LogP contribution in [0.3, 0.4) is 0 Å². The van der Waals surface area contributed by atoms with E-state index in [2.05, 4.69) is 10.3 Å². The number of nitrogen functional groups attached to an aromatic ring is 1. The van der Waals surface area contributed by atoms with E-state index in [1.807, 2.05) is 13.8 Å². The van der Waals surface area contributed by atoms with E-state index >= 15 is 0 Å². The summed E-state index contributed by atoms with van der Waals surface area (Å²) in [5.74, 6) is 0.197. The zero-order valence-corrected chi connectivity index (χ0v) is 10.5. The molecule has 1 heterocycles. The van der Waals surface area contributed by atoms with Gasteiger partial charge in [-0.25, -0.2) is 4.98 Å². The summed E-state index contributed by atoms with van der Waals surface area (Å²) < 4.78 is 5.32. The summed E-state index contributed by atoms with van der Waals surface area (Å²) in [6.45, 7) is 6.69. The fourth-order valence-electron chi connectivity index (χ4n) is 1.39.